The minimum absolute atomic E-state index is 0.139. The van der Waals surface area contributed by atoms with E-state index in [1.165, 1.54) is 0 Å². The van der Waals surface area contributed by atoms with Crippen LogP contribution in [0.4, 0.5) is 0 Å². The summed E-state index contributed by atoms with van der Waals surface area (Å²) >= 11 is 8.57. The zero-order valence-corrected chi connectivity index (χ0v) is 14.7. The van der Waals surface area contributed by atoms with E-state index >= 15 is 0 Å². The summed E-state index contributed by atoms with van der Waals surface area (Å²) in [6.07, 6.45) is 0. The summed E-state index contributed by atoms with van der Waals surface area (Å²) in [5.41, 5.74) is 2.70. The van der Waals surface area contributed by atoms with Gasteiger partial charge in [0.25, 0.3) is 5.56 Å². The minimum Gasteiger partial charge on any atom is -0.267 e. The second kappa shape index (κ2) is 5.09. The maximum Gasteiger partial charge on any atom is 0.272 e. The Morgan fingerprint density at radius 1 is 1.15 bits per heavy atom. The van der Waals surface area contributed by atoms with Crippen LogP contribution in [0.3, 0.4) is 0 Å². The van der Waals surface area contributed by atoms with E-state index in [0.717, 1.165) is 40.7 Å². The van der Waals surface area contributed by atoms with Crippen LogP contribution < -0.4 is 5.56 Å². The molecular formula is C14H10Br2N2OS. The van der Waals surface area contributed by atoms with E-state index in [9.17, 15) is 4.79 Å². The van der Waals surface area contributed by atoms with Gasteiger partial charge in [-0.1, -0.05) is 12.1 Å². The molecule has 6 heteroatoms. The predicted molar refractivity (Wildman–Crippen MR) is 90.6 cm³/mol. The Labute approximate surface area is 136 Å². The van der Waals surface area contributed by atoms with Gasteiger partial charge in [-0.2, -0.15) is 5.10 Å². The molecule has 1 aromatic carbocycles. The SMILES string of the molecule is Cc1ccc(C)c2c(=O)[nH]nc(-c3cc(Br)c(Br)s3)c12. The summed E-state index contributed by atoms with van der Waals surface area (Å²) in [4.78, 5) is 13.1. The molecule has 0 saturated carbocycles. The molecule has 2 heterocycles. The van der Waals surface area contributed by atoms with E-state index < -0.39 is 0 Å². The third-order valence-corrected chi connectivity index (χ3v) is 6.50. The van der Waals surface area contributed by atoms with Gasteiger partial charge in [-0.15, -0.1) is 11.3 Å². The van der Waals surface area contributed by atoms with Crippen LogP contribution in [-0.2, 0) is 0 Å². The van der Waals surface area contributed by atoms with Gasteiger partial charge in [0.1, 0.15) is 5.69 Å². The van der Waals surface area contributed by atoms with Crippen LogP contribution in [0.2, 0.25) is 0 Å². The number of thiophene rings is 1. The number of nitrogens with one attached hydrogen (secondary N) is 1. The first-order valence-electron chi connectivity index (χ1n) is 5.93. The maximum absolute atomic E-state index is 12.1. The average molecular weight is 414 g/mol. The summed E-state index contributed by atoms with van der Waals surface area (Å²) in [6, 6.07) is 6.01. The second-order valence-electron chi connectivity index (χ2n) is 4.58. The van der Waals surface area contributed by atoms with Crippen molar-refractivity contribution in [3.05, 3.63) is 47.9 Å². The van der Waals surface area contributed by atoms with Crippen molar-refractivity contribution in [3.8, 4) is 10.6 Å². The molecule has 102 valence electrons. The molecule has 0 aliphatic rings. The lowest BCUT2D eigenvalue weighted by molar-refractivity contribution is 1.02. The van der Waals surface area contributed by atoms with E-state index in [2.05, 4.69) is 42.1 Å². The van der Waals surface area contributed by atoms with E-state index in [1.807, 2.05) is 32.0 Å². The Hall–Kier alpha value is -0.980. The van der Waals surface area contributed by atoms with Crippen molar-refractivity contribution in [1.29, 1.82) is 0 Å². The van der Waals surface area contributed by atoms with Crippen LogP contribution in [0.1, 0.15) is 11.1 Å². The maximum atomic E-state index is 12.1. The first kappa shape index (κ1) is 14.0. The largest absolute Gasteiger partial charge is 0.272 e. The molecule has 0 fully saturated rings. The zero-order chi connectivity index (χ0) is 14.4. The smallest absolute Gasteiger partial charge is 0.267 e. The molecule has 3 aromatic rings. The van der Waals surface area contributed by atoms with Crippen molar-refractivity contribution in [3.63, 3.8) is 0 Å². The lowest BCUT2D eigenvalue weighted by Crippen LogP contribution is -2.11. The highest BCUT2D eigenvalue weighted by Gasteiger charge is 2.15. The Balaban J connectivity index is 2.46. The Morgan fingerprint density at radius 2 is 1.80 bits per heavy atom. The number of benzene rings is 1. The van der Waals surface area contributed by atoms with Crippen LogP contribution in [0.15, 0.2) is 31.3 Å². The van der Waals surface area contributed by atoms with Crippen molar-refractivity contribution in [1.82, 2.24) is 10.2 Å². The van der Waals surface area contributed by atoms with E-state index in [4.69, 9.17) is 0 Å². The van der Waals surface area contributed by atoms with Crippen molar-refractivity contribution < 1.29 is 0 Å². The van der Waals surface area contributed by atoms with E-state index in [1.54, 1.807) is 11.3 Å². The van der Waals surface area contributed by atoms with Crippen LogP contribution in [0, 0.1) is 13.8 Å². The molecule has 0 amide bonds. The Morgan fingerprint density at radius 3 is 2.40 bits per heavy atom. The van der Waals surface area contributed by atoms with Gasteiger partial charge in [-0.3, -0.25) is 4.79 Å². The van der Waals surface area contributed by atoms with Gasteiger partial charge in [0.15, 0.2) is 0 Å². The fraction of sp³-hybridized carbons (Fsp3) is 0.143. The summed E-state index contributed by atoms with van der Waals surface area (Å²) in [5, 5.41) is 8.52. The van der Waals surface area contributed by atoms with Gasteiger partial charge in [0.2, 0.25) is 0 Å². The molecule has 3 nitrogen and oxygen atoms in total. The zero-order valence-electron chi connectivity index (χ0n) is 10.8. The summed E-state index contributed by atoms with van der Waals surface area (Å²) in [6.45, 7) is 3.95. The number of H-pyrrole nitrogens is 1. The first-order valence-corrected chi connectivity index (χ1v) is 8.33. The molecular weight excluding hydrogens is 404 g/mol. The standard InChI is InChI=1S/C14H10Br2N2OS/c1-6-3-4-7(2)11-10(6)12(17-18-14(11)19)9-5-8(15)13(16)20-9/h3-5H,1-2H3,(H,18,19). The molecule has 0 saturated heterocycles. The number of halogens is 2. The van der Waals surface area contributed by atoms with Gasteiger partial charge < -0.3 is 0 Å². The molecule has 20 heavy (non-hydrogen) atoms. The molecule has 0 aliphatic carbocycles. The van der Waals surface area contributed by atoms with Gasteiger partial charge in [0, 0.05) is 9.86 Å². The van der Waals surface area contributed by atoms with Crippen LogP contribution in [-0.4, -0.2) is 10.2 Å². The number of aromatic amines is 1. The third-order valence-electron chi connectivity index (χ3n) is 3.23. The van der Waals surface area contributed by atoms with Crippen LogP contribution in [0.25, 0.3) is 21.3 Å². The Kier molecular flexibility index (Phi) is 3.56. The van der Waals surface area contributed by atoms with Gasteiger partial charge in [-0.25, -0.2) is 5.10 Å². The van der Waals surface area contributed by atoms with E-state index in [-0.39, 0.29) is 5.56 Å². The first-order chi connectivity index (χ1) is 9.49. The topological polar surface area (TPSA) is 45.8 Å². The number of aryl methyl sites for hydroxylation is 2. The molecule has 0 aliphatic heterocycles. The predicted octanol–water partition coefficient (Wildman–Crippen LogP) is 4.79. The number of aromatic nitrogens is 2. The quantitative estimate of drug-likeness (QED) is 0.623. The highest BCUT2D eigenvalue weighted by molar-refractivity contribution is 9.13. The van der Waals surface area contributed by atoms with Crippen molar-refractivity contribution in [2.24, 2.45) is 0 Å². The summed E-state index contributed by atoms with van der Waals surface area (Å²) in [7, 11) is 0. The average Bonchev–Trinajstić information content (AvgIpc) is 2.74. The molecule has 0 bridgehead atoms. The lowest BCUT2D eigenvalue weighted by Gasteiger charge is -2.08. The van der Waals surface area contributed by atoms with Gasteiger partial charge >= 0.3 is 0 Å². The fourth-order valence-electron chi connectivity index (χ4n) is 2.27. The molecule has 0 unspecified atom stereocenters. The molecule has 3 rings (SSSR count). The number of hydrogen-bond donors (Lipinski definition) is 1. The number of hydrogen-bond acceptors (Lipinski definition) is 3. The fourth-order valence-corrected chi connectivity index (χ4v) is 4.30. The number of rotatable bonds is 1. The number of fused-ring (bicyclic) bond motifs is 1. The Bertz CT molecular complexity index is 863. The summed E-state index contributed by atoms with van der Waals surface area (Å²) in [5.74, 6) is 0. The van der Waals surface area contributed by atoms with E-state index in [0.29, 0.717) is 0 Å². The third kappa shape index (κ3) is 2.16. The second-order valence-corrected chi connectivity index (χ2v) is 7.81. The molecule has 2 aromatic heterocycles. The van der Waals surface area contributed by atoms with Crippen molar-refractivity contribution in [2.45, 2.75) is 13.8 Å². The van der Waals surface area contributed by atoms with Crippen molar-refractivity contribution >= 4 is 54.0 Å². The molecule has 0 atom stereocenters. The highest BCUT2D eigenvalue weighted by atomic mass is 79.9. The van der Waals surface area contributed by atoms with Crippen molar-refractivity contribution in [2.75, 3.05) is 0 Å². The molecule has 0 radical (unpaired) electrons. The minimum atomic E-state index is -0.139. The molecule has 0 spiro atoms. The van der Waals surface area contributed by atoms with Gasteiger partial charge in [0.05, 0.1) is 14.0 Å². The normalized spacial score (nSPS) is 11.2. The highest BCUT2D eigenvalue weighted by Crippen LogP contribution is 2.39. The molecule has 1 N–H and O–H groups in total. The van der Waals surface area contributed by atoms with Crippen LogP contribution in [0.5, 0.6) is 0 Å². The number of nitrogens with zero attached hydrogens (tertiary/aromatic N) is 1. The van der Waals surface area contributed by atoms with Crippen LogP contribution >= 0.6 is 43.2 Å². The van der Waals surface area contributed by atoms with Gasteiger partial charge in [-0.05, 0) is 62.9 Å². The monoisotopic (exact) mass is 412 g/mol. The summed E-state index contributed by atoms with van der Waals surface area (Å²) < 4.78 is 2.00. The lowest BCUT2D eigenvalue weighted by atomic mass is 10.0.